The van der Waals surface area contributed by atoms with Gasteiger partial charge in [-0.1, -0.05) is 60.1 Å². The van der Waals surface area contributed by atoms with Crippen molar-refractivity contribution in [3.8, 4) is 0 Å². The van der Waals surface area contributed by atoms with E-state index in [0.29, 0.717) is 26.3 Å². The van der Waals surface area contributed by atoms with E-state index in [1.165, 1.54) is 0 Å². The molecule has 0 heterocycles. The summed E-state index contributed by atoms with van der Waals surface area (Å²) in [5.41, 5.74) is 2.13. The van der Waals surface area contributed by atoms with Crippen LogP contribution in [0.15, 0.2) is 54.6 Å². The molecule has 1 unspecified atom stereocenters. The molecule has 0 aliphatic rings. The van der Waals surface area contributed by atoms with E-state index in [9.17, 15) is 5.11 Å². The number of nitrogens with one attached hydrogen (secondary N) is 1. The molecule has 0 saturated heterocycles. The number of benzene rings is 2. The normalized spacial score (nSPS) is 12.3. The van der Waals surface area contributed by atoms with Crippen LogP contribution in [0.4, 0.5) is 0 Å². The van der Waals surface area contributed by atoms with E-state index >= 15 is 0 Å². The fourth-order valence-corrected chi connectivity index (χ4v) is 2.16. The van der Waals surface area contributed by atoms with Gasteiger partial charge >= 0.3 is 0 Å². The fourth-order valence-electron chi connectivity index (χ4n) is 1.96. The summed E-state index contributed by atoms with van der Waals surface area (Å²) in [7, 11) is 0. The minimum absolute atomic E-state index is 0.310. The van der Waals surface area contributed by atoms with Gasteiger partial charge in [0.05, 0.1) is 19.3 Å². The lowest BCUT2D eigenvalue weighted by molar-refractivity contribution is 0.0287. The number of hydrogen-bond acceptors (Lipinski definition) is 3. The van der Waals surface area contributed by atoms with Gasteiger partial charge in [0, 0.05) is 18.1 Å². The molecule has 2 aromatic rings. The van der Waals surface area contributed by atoms with E-state index in [0.717, 1.165) is 16.1 Å². The average molecular weight is 306 g/mol. The molecule has 0 fully saturated rings. The number of ether oxygens (including phenoxy) is 1. The summed E-state index contributed by atoms with van der Waals surface area (Å²) >= 11 is 6.06. The first-order chi connectivity index (χ1) is 10.3. The molecule has 112 valence electrons. The quantitative estimate of drug-likeness (QED) is 0.788. The smallest absolute Gasteiger partial charge is 0.0897 e. The molecule has 2 rings (SSSR count). The Morgan fingerprint density at radius 1 is 1.05 bits per heavy atom. The van der Waals surface area contributed by atoms with Crippen LogP contribution in [0.25, 0.3) is 0 Å². The zero-order valence-corrected chi connectivity index (χ0v) is 12.6. The molecule has 0 aliphatic heterocycles. The van der Waals surface area contributed by atoms with Crippen LogP contribution < -0.4 is 5.32 Å². The molecule has 0 spiro atoms. The Kier molecular flexibility index (Phi) is 6.70. The van der Waals surface area contributed by atoms with Gasteiger partial charge in [0.2, 0.25) is 0 Å². The first kappa shape index (κ1) is 16.0. The molecule has 21 heavy (non-hydrogen) atoms. The number of rotatable bonds is 8. The zero-order chi connectivity index (χ0) is 14.9. The number of aliphatic hydroxyl groups excluding tert-OH is 1. The molecular formula is C17H20ClNO2. The van der Waals surface area contributed by atoms with Crippen molar-refractivity contribution in [3.63, 3.8) is 0 Å². The van der Waals surface area contributed by atoms with Crippen LogP contribution in [-0.2, 0) is 17.9 Å². The first-order valence-electron chi connectivity index (χ1n) is 6.99. The highest BCUT2D eigenvalue weighted by Crippen LogP contribution is 2.14. The number of hydrogen-bond donors (Lipinski definition) is 2. The summed E-state index contributed by atoms with van der Waals surface area (Å²) < 4.78 is 5.49. The first-order valence-corrected chi connectivity index (χ1v) is 7.37. The van der Waals surface area contributed by atoms with Crippen LogP contribution >= 0.6 is 11.6 Å². The summed E-state index contributed by atoms with van der Waals surface area (Å²) in [4.78, 5) is 0. The SMILES string of the molecule is OC(CNCc1ccccc1Cl)COCc1ccccc1. The lowest BCUT2D eigenvalue weighted by Crippen LogP contribution is -2.30. The van der Waals surface area contributed by atoms with E-state index in [1.54, 1.807) is 0 Å². The van der Waals surface area contributed by atoms with Gasteiger partial charge in [-0.3, -0.25) is 0 Å². The molecule has 2 aromatic carbocycles. The largest absolute Gasteiger partial charge is 0.389 e. The minimum Gasteiger partial charge on any atom is -0.389 e. The summed E-state index contributed by atoms with van der Waals surface area (Å²) in [5.74, 6) is 0. The Labute approximate surface area is 130 Å². The van der Waals surface area contributed by atoms with E-state index in [-0.39, 0.29) is 0 Å². The second kappa shape index (κ2) is 8.80. The molecule has 0 radical (unpaired) electrons. The third-order valence-corrected chi connectivity index (χ3v) is 3.44. The molecular weight excluding hydrogens is 286 g/mol. The number of aliphatic hydroxyl groups is 1. The Balaban J connectivity index is 1.62. The lowest BCUT2D eigenvalue weighted by Gasteiger charge is -2.13. The topological polar surface area (TPSA) is 41.5 Å². The van der Waals surface area contributed by atoms with Crippen LogP contribution in [0.5, 0.6) is 0 Å². The van der Waals surface area contributed by atoms with Gasteiger partial charge < -0.3 is 15.2 Å². The maximum Gasteiger partial charge on any atom is 0.0897 e. The lowest BCUT2D eigenvalue weighted by atomic mass is 10.2. The zero-order valence-electron chi connectivity index (χ0n) is 11.8. The van der Waals surface area contributed by atoms with Gasteiger partial charge in [0.15, 0.2) is 0 Å². The van der Waals surface area contributed by atoms with Gasteiger partial charge in [-0.05, 0) is 17.2 Å². The fraction of sp³-hybridized carbons (Fsp3) is 0.294. The van der Waals surface area contributed by atoms with Crippen LogP contribution in [0.2, 0.25) is 5.02 Å². The molecule has 2 N–H and O–H groups in total. The third kappa shape index (κ3) is 5.86. The van der Waals surface area contributed by atoms with E-state index < -0.39 is 6.10 Å². The maximum atomic E-state index is 9.85. The van der Waals surface area contributed by atoms with Crippen LogP contribution in [-0.4, -0.2) is 24.4 Å². The highest BCUT2D eigenvalue weighted by atomic mass is 35.5. The van der Waals surface area contributed by atoms with Crippen molar-refractivity contribution in [2.45, 2.75) is 19.3 Å². The molecule has 0 saturated carbocycles. The average Bonchev–Trinajstić information content (AvgIpc) is 2.50. The Hall–Kier alpha value is -1.39. The standard InChI is InChI=1S/C17H20ClNO2/c18-17-9-5-4-8-15(17)10-19-11-16(20)13-21-12-14-6-2-1-3-7-14/h1-9,16,19-20H,10-13H2. The molecule has 4 heteroatoms. The second-order valence-corrected chi connectivity index (χ2v) is 5.28. The van der Waals surface area contributed by atoms with Crippen molar-refractivity contribution >= 4 is 11.6 Å². The van der Waals surface area contributed by atoms with Crippen molar-refractivity contribution in [2.75, 3.05) is 13.2 Å². The predicted octanol–water partition coefficient (Wildman–Crippen LogP) is 3.01. The highest BCUT2D eigenvalue weighted by molar-refractivity contribution is 6.31. The highest BCUT2D eigenvalue weighted by Gasteiger charge is 2.05. The molecule has 1 atom stereocenters. The molecule has 3 nitrogen and oxygen atoms in total. The molecule has 0 aliphatic carbocycles. The summed E-state index contributed by atoms with van der Waals surface area (Å²) in [6.07, 6.45) is -0.531. The van der Waals surface area contributed by atoms with Crippen molar-refractivity contribution in [1.29, 1.82) is 0 Å². The van der Waals surface area contributed by atoms with E-state index in [1.807, 2.05) is 54.6 Å². The Bertz CT molecular complexity index is 533. The van der Waals surface area contributed by atoms with Crippen molar-refractivity contribution in [2.24, 2.45) is 0 Å². The van der Waals surface area contributed by atoms with Crippen molar-refractivity contribution in [3.05, 3.63) is 70.7 Å². The van der Waals surface area contributed by atoms with Gasteiger partial charge in [-0.2, -0.15) is 0 Å². The molecule has 0 bridgehead atoms. The van der Waals surface area contributed by atoms with Crippen molar-refractivity contribution < 1.29 is 9.84 Å². The monoisotopic (exact) mass is 305 g/mol. The molecule has 0 aromatic heterocycles. The van der Waals surface area contributed by atoms with Gasteiger partial charge in [0.1, 0.15) is 0 Å². The van der Waals surface area contributed by atoms with E-state index in [4.69, 9.17) is 16.3 Å². The maximum absolute atomic E-state index is 9.85. The van der Waals surface area contributed by atoms with Gasteiger partial charge in [0.25, 0.3) is 0 Å². The Morgan fingerprint density at radius 3 is 2.52 bits per heavy atom. The minimum atomic E-state index is -0.531. The molecule has 0 amide bonds. The summed E-state index contributed by atoms with van der Waals surface area (Å²) in [6.45, 7) is 1.93. The van der Waals surface area contributed by atoms with Crippen LogP contribution in [0, 0.1) is 0 Å². The van der Waals surface area contributed by atoms with Crippen molar-refractivity contribution in [1.82, 2.24) is 5.32 Å². The van der Waals surface area contributed by atoms with Crippen LogP contribution in [0.3, 0.4) is 0 Å². The predicted molar refractivity (Wildman–Crippen MR) is 85.3 cm³/mol. The summed E-state index contributed by atoms with van der Waals surface area (Å²) in [6, 6.07) is 17.6. The van der Waals surface area contributed by atoms with E-state index in [2.05, 4.69) is 5.32 Å². The van der Waals surface area contributed by atoms with Gasteiger partial charge in [-0.15, -0.1) is 0 Å². The summed E-state index contributed by atoms with van der Waals surface area (Å²) in [5, 5.41) is 13.8. The van der Waals surface area contributed by atoms with Crippen LogP contribution in [0.1, 0.15) is 11.1 Å². The Morgan fingerprint density at radius 2 is 1.76 bits per heavy atom. The number of halogens is 1. The second-order valence-electron chi connectivity index (χ2n) is 4.88. The third-order valence-electron chi connectivity index (χ3n) is 3.08. The van der Waals surface area contributed by atoms with Gasteiger partial charge in [-0.25, -0.2) is 0 Å².